The Hall–Kier alpha value is -4.50. The minimum absolute atomic E-state index is 0.394. The number of carbonyl (C=O) groups is 4. The van der Waals surface area contributed by atoms with Gasteiger partial charge in [0.05, 0.1) is 26.3 Å². The monoisotopic (exact) mass is 513 g/mol. The van der Waals surface area contributed by atoms with Crippen molar-refractivity contribution in [3.05, 3.63) is 108 Å². The molecule has 0 aromatic heterocycles. The Bertz CT molecular complexity index is 1330. The van der Waals surface area contributed by atoms with Gasteiger partial charge in [-0.2, -0.15) is 5.01 Å². The van der Waals surface area contributed by atoms with Crippen LogP contribution in [0.3, 0.4) is 0 Å². The number of methoxy groups -OCH3 is 2. The predicted octanol–water partition coefficient (Wildman–Crippen LogP) is 2.67. The van der Waals surface area contributed by atoms with Crippen molar-refractivity contribution in [3.8, 4) is 0 Å². The highest BCUT2D eigenvalue weighted by Gasteiger charge is 2.65. The first kappa shape index (κ1) is 25.2. The van der Waals surface area contributed by atoms with Crippen LogP contribution in [0.25, 0.3) is 0 Å². The summed E-state index contributed by atoms with van der Waals surface area (Å²) in [6, 6.07) is 23.2. The number of hydrazine groups is 1. The number of amides is 2. The van der Waals surface area contributed by atoms with Crippen LogP contribution in [-0.2, 0) is 23.9 Å². The molecule has 5 atom stereocenters. The van der Waals surface area contributed by atoms with E-state index in [0.29, 0.717) is 11.1 Å². The van der Waals surface area contributed by atoms with Gasteiger partial charge < -0.3 is 14.8 Å². The van der Waals surface area contributed by atoms with Gasteiger partial charge in [0.25, 0.3) is 11.8 Å². The third-order valence-electron chi connectivity index (χ3n) is 7.09. The van der Waals surface area contributed by atoms with Crippen molar-refractivity contribution in [2.24, 2.45) is 5.92 Å². The highest BCUT2D eigenvalue weighted by molar-refractivity contribution is 6.00. The fourth-order valence-corrected chi connectivity index (χ4v) is 5.48. The molecule has 0 unspecified atom stereocenters. The molecular formula is C29H27N3O6. The summed E-state index contributed by atoms with van der Waals surface area (Å²) in [6.45, 7) is 0. The lowest BCUT2D eigenvalue weighted by Gasteiger charge is -2.33. The molecule has 9 nitrogen and oxygen atoms in total. The first-order valence-electron chi connectivity index (χ1n) is 12.2. The van der Waals surface area contributed by atoms with Gasteiger partial charge in [0.1, 0.15) is 12.0 Å². The van der Waals surface area contributed by atoms with E-state index in [9.17, 15) is 19.2 Å². The normalized spacial score (nSPS) is 24.5. The second kappa shape index (κ2) is 10.5. The van der Waals surface area contributed by atoms with Crippen molar-refractivity contribution in [2.75, 3.05) is 14.2 Å². The van der Waals surface area contributed by atoms with Crippen LogP contribution in [0.15, 0.2) is 91.0 Å². The maximum absolute atomic E-state index is 14.1. The Labute approximate surface area is 219 Å². The second-order valence-electron chi connectivity index (χ2n) is 9.11. The molecule has 3 aromatic carbocycles. The molecule has 0 bridgehead atoms. The van der Waals surface area contributed by atoms with Crippen LogP contribution in [0, 0.1) is 5.92 Å². The summed E-state index contributed by atoms with van der Waals surface area (Å²) in [4.78, 5) is 53.7. The fourth-order valence-electron chi connectivity index (χ4n) is 5.48. The van der Waals surface area contributed by atoms with Crippen LogP contribution in [0.2, 0.25) is 0 Å². The molecule has 0 radical (unpaired) electrons. The number of hydrogen-bond acceptors (Lipinski definition) is 7. The van der Waals surface area contributed by atoms with Gasteiger partial charge in [-0.1, -0.05) is 78.9 Å². The first-order valence-corrected chi connectivity index (χ1v) is 12.2. The molecule has 1 N–H and O–H groups in total. The van der Waals surface area contributed by atoms with E-state index in [0.717, 1.165) is 5.56 Å². The Morgan fingerprint density at radius 1 is 0.711 bits per heavy atom. The number of hydrogen-bond donors (Lipinski definition) is 1. The fraction of sp³-hybridized carbons (Fsp3) is 0.241. The number of ether oxygens (including phenoxy) is 2. The maximum Gasteiger partial charge on any atom is 0.331 e. The second-order valence-corrected chi connectivity index (χ2v) is 9.11. The Balaban J connectivity index is 1.68. The van der Waals surface area contributed by atoms with Crippen LogP contribution in [-0.4, -0.2) is 60.1 Å². The van der Waals surface area contributed by atoms with E-state index >= 15 is 0 Å². The third-order valence-corrected chi connectivity index (χ3v) is 7.09. The van der Waals surface area contributed by atoms with Crippen LogP contribution in [0.5, 0.6) is 0 Å². The quantitative estimate of drug-likeness (QED) is 0.506. The summed E-state index contributed by atoms with van der Waals surface area (Å²) < 4.78 is 10.2. The topological polar surface area (TPSA) is 105 Å². The van der Waals surface area contributed by atoms with E-state index in [1.54, 1.807) is 35.3 Å². The van der Waals surface area contributed by atoms with Crippen molar-refractivity contribution in [2.45, 2.75) is 24.2 Å². The number of fused-ring (bicyclic) bond motifs is 1. The van der Waals surface area contributed by atoms with Crippen molar-refractivity contribution in [1.82, 2.24) is 15.3 Å². The van der Waals surface area contributed by atoms with Gasteiger partial charge in [-0.3, -0.25) is 19.4 Å². The zero-order valence-electron chi connectivity index (χ0n) is 20.9. The number of carbonyl (C=O) groups excluding carboxylic acids is 4. The molecule has 2 aliphatic heterocycles. The number of rotatable bonds is 6. The van der Waals surface area contributed by atoms with Gasteiger partial charge in [-0.05, 0) is 23.3 Å². The summed E-state index contributed by atoms with van der Waals surface area (Å²) >= 11 is 0. The van der Waals surface area contributed by atoms with Crippen LogP contribution >= 0.6 is 0 Å². The van der Waals surface area contributed by atoms with E-state index in [2.05, 4.69) is 5.32 Å². The van der Waals surface area contributed by atoms with Crippen molar-refractivity contribution >= 4 is 23.8 Å². The standard InChI is InChI=1S/C29H27N3O6/c1-37-28(35)21-23(18-12-6-3-7-13-18)31-24(19-14-8-4-9-15-19)22(27(34)32(31)25(21)29(36)38-2)30-26(33)20-16-10-5-11-17-20/h3-17,21-25H,1-2H3,(H,30,33)/t21-,22-,23+,24-,25-/m1/s1. The minimum atomic E-state index is -1.28. The summed E-state index contributed by atoms with van der Waals surface area (Å²) in [5.41, 5.74) is 1.84. The molecule has 0 aliphatic carbocycles. The lowest BCUT2D eigenvalue weighted by Crippen LogP contribution is -2.50. The van der Waals surface area contributed by atoms with Crippen molar-refractivity contribution in [1.29, 1.82) is 0 Å². The van der Waals surface area contributed by atoms with Crippen LogP contribution in [0.4, 0.5) is 0 Å². The molecule has 2 heterocycles. The average molecular weight is 514 g/mol. The van der Waals surface area contributed by atoms with Gasteiger partial charge in [-0.15, -0.1) is 0 Å². The Morgan fingerprint density at radius 3 is 1.74 bits per heavy atom. The molecule has 194 valence electrons. The molecule has 0 spiro atoms. The van der Waals surface area contributed by atoms with Crippen LogP contribution in [0.1, 0.15) is 33.6 Å². The van der Waals surface area contributed by atoms with E-state index in [1.807, 2.05) is 60.7 Å². The summed E-state index contributed by atoms with van der Waals surface area (Å²) in [7, 11) is 2.46. The largest absolute Gasteiger partial charge is 0.469 e. The first-order chi connectivity index (χ1) is 18.5. The number of nitrogens with one attached hydrogen (secondary N) is 1. The third kappa shape index (κ3) is 4.20. The highest BCUT2D eigenvalue weighted by Crippen LogP contribution is 2.51. The molecule has 2 saturated heterocycles. The Morgan fingerprint density at radius 2 is 1.21 bits per heavy atom. The zero-order valence-corrected chi connectivity index (χ0v) is 20.9. The molecule has 2 aliphatic rings. The summed E-state index contributed by atoms with van der Waals surface area (Å²) in [5.74, 6) is -3.41. The van der Waals surface area contributed by atoms with Crippen molar-refractivity contribution < 1.29 is 28.7 Å². The van der Waals surface area contributed by atoms with Gasteiger partial charge in [0.15, 0.2) is 6.04 Å². The highest BCUT2D eigenvalue weighted by atomic mass is 16.5. The zero-order chi connectivity index (χ0) is 26.8. The molecule has 2 fully saturated rings. The van der Waals surface area contributed by atoms with Gasteiger partial charge in [-0.25, -0.2) is 4.79 Å². The molecule has 9 heteroatoms. The molecule has 3 aromatic rings. The van der Waals surface area contributed by atoms with Gasteiger partial charge in [0, 0.05) is 5.56 Å². The molecule has 0 saturated carbocycles. The smallest absolute Gasteiger partial charge is 0.331 e. The predicted molar refractivity (Wildman–Crippen MR) is 136 cm³/mol. The maximum atomic E-state index is 14.1. The summed E-state index contributed by atoms with van der Waals surface area (Å²) in [5, 5.41) is 5.89. The molecule has 5 rings (SSSR count). The van der Waals surface area contributed by atoms with E-state index < -0.39 is 53.8 Å². The molecule has 38 heavy (non-hydrogen) atoms. The van der Waals surface area contributed by atoms with E-state index in [1.165, 1.54) is 19.2 Å². The molecule has 2 amide bonds. The van der Waals surface area contributed by atoms with Gasteiger partial charge >= 0.3 is 11.9 Å². The lowest BCUT2D eigenvalue weighted by molar-refractivity contribution is -0.161. The SMILES string of the molecule is COC(=O)[C@H]1[C@H](C(=O)OC)N2C(=O)[C@H](NC(=O)c3ccccc3)[C@@H](c3ccccc3)N2[C@H]1c1ccccc1. The van der Waals surface area contributed by atoms with Gasteiger partial charge in [0.2, 0.25) is 0 Å². The lowest BCUT2D eigenvalue weighted by atomic mass is 9.86. The average Bonchev–Trinajstić information content (AvgIpc) is 3.45. The number of nitrogens with zero attached hydrogens (tertiary/aromatic N) is 2. The summed E-state index contributed by atoms with van der Waals surface area (Å²) in [6.07, 6.45) is 0. The number of esters is 2. The van der Waals surface area contributed by atoms with E-state index in [-0.39, 0.29) is 0 Å². The van der Waals surface area contributed by atoms with Crippen molar-refractivity contribution in [3.63, 3.8) is 0 Å². The van der Waals surface area contributed by atoms with E-state index in [4.69, 9.17) is 9.47 Å². The number of benzene rings is 3. The Kier molecular flexibility index (Phi) is 6.93. The minimum Gasteiger partial charge on any atom is -0.469 e. The van der Waals surface area contributed by atoms with Crippen LogP contribution < -0.4 is 5.32 Å². The molecular weight excluding hydrogens is 486 g/mol.